The van der Waals surface area contributed by atoms with Gasteiger partial charge in [-0.2, -0.15) is 8.99 Å². The van der Waals surface area contributed by atoms with E-state index in [1.807, 2.05) is 6.92 Å². The smallest absolute Gasteiger partial charge is 0.246 e. The fourth-order valence-electron chi connectivity index (χ4n) is 2.79. The van der Waals surface area contributed by atoms with Crippen LogP contribution in [-0.4, -0.2) is 59.2 Å². The minimum atomic E-state index is -3.65. The van der Waals surface area contributed by atoms with Gasteiger partial charge < -0.3 is 9.47 Å². The average Bonchev–Trinajstić information content (AvgIpc) is 3.30. The van der Waals surface area contributed by atoms with Crippen LogP contribution in [-0.2, 0) is 10.0 Å². The van der Waals surface area contributed by atoms with Crippen molar-refractivity contribution in [3.05, 3.63) is 18.5 Å². The topological polar surface area (TPSA) is 99.4 Å². The molecule has 25 heavy (non-hydrogen) atoms. The van der Waals surface area contributed by atoms with Gasteiger partial charge in [-0.1, -0.05) is 0 Å². The molecule has 0 amide bonds. The van der Waals surface area contributed by atoms with Gasteiger partial charge in [0.15, 0.2) is 0 Å². The molecule has 0 bridgehead atoms. The lowest BCUT2D eigenvalue weighted by Crippen LogP contribution is -2.28. The van der Waals surface area contributed by atoms with Gasteiger partial charge in [-0.25, -0.2) is 8.42 Å². The molecule has 0 spiro atoms. The predicted molar refractivity (Wildman–Crippen MR) is 89.5 cm³/mol. The fourth-order valence-corrected chi connectivity index (χ4v) is 4.43. The Labute approximate surface area is 146 Å². The van der Waals surface area contributed by atoms with Crippen LogP contribution >= 0.6 is 0 Å². The Morgan fingerprint density at radius 2 is 1.76 bits per heavy atom. The van der Waals surface area contributed by atoms with Crippen molar-refractivity contribution >= 4 is 10.0 Å². The number of nitrogens with zero attached hydrogens (tertiary/aromatic N) is 5. The van der Waals surface area contributed by atoms with Crippen LogP contribution in [0.2, 0.25) is 0 Å². The largest absolute Gasteiger partial charge is 0.492 e. The van der Waals surface area contributed by atoms with Gasteiger partial charge in [0.2, 0.25) is 10.0 Å². The van der Waals surface area contributed by atoms with Crippen molar-refractivity contribution < 1.29 is 17.9 Å². The van der Waals surface area contributed by atoms with Crippen molar-refractivity contribution in [2.45, 2.75) is 31.6 Å². The monoisotopic (exact) mass is 367 g/mol. The minimum absolute atomic E-state index is 0.108. The first-order chi connectivity index (χ1) is 12.1. The molecule has 10 heteroatoms. The predicted octanol–water partition coefficient (Wildman–Crippen LogP) is 1.24. The molecule has 1 aliphatic heterocycles. The van der Waals surface area contributed by atoms with Crippen molar-refractivity contribution in [1.82, 2.24) is 24.5 Å². The molecule has 0 saturated carbocycles. The summed E-state index contributed by atoms with van der Waals surface area (Å²) in [6, 6.07) is 3.10. The summed E-state index contributed by atoms with van der Waals surface area (Å²) >= 11 is 0. The lowest BCUT2D eigenvalue weighted by atomic mass is 10.2. The summed E-state index contributed by atoms with van der Waals surface area (Å²) in [7, 11) is -3.65. The molecule has 1 aromatic carbocycles. The molecular formula is C15H21N5O4S. The van der Waals surface area contributed by atoms with Crippen molar-refractivity contribution in [3.8, 4) is 17.2 Å². The second-order valence-electron chi connectivity index (χ2n) is 5.50. The van der Waals surface area contributed by atoms with Crippen LogP contribution in [0.15, 0.2) is 23.4 Å². The number of benzene rings is 1. The third-order valence-corrected chi connectivity index (χ3v) is 5.82. The summed E-state index contributed by atoms with van der Waals surface area (Å²) < 4.78 is 40.2. The van der Waals surface area contributed by atoms with Gasteiger partial charge in [0.05, 0.1) is 13.2 Å². The molecule has 0 atom stereocenters. The fraction of sp³-hybridized carbons (Fsp3) is 0.533. The second kappa shape index (κ2) is 7.36. The molecule has 0 N–H and O–H groups in total. The number of ether oxygens (including phenoxy) is 2. The molecule has 0 unspecified atom stereocenters. The zero-order valence-electron chi connectivity index (χ0n) is 14.3. The first kappa shape index (κ1) is 17.6. The lowest BCUT2D eigenvalue weighted by Gasteiger charge is -2.20. The number of hydrogen-bond acceptors (Lipinski definition) is 7. The van der Waals surface area contributed by atoms with Crippen LogP contribution in [0.1, 0.15) is 26.7 Å². The zero-order valence-corrected chi connectivity index (χ0v) is 15.1. The second-order valence-corrected chi connectivity index (χ2v) is 7.40. The number of rotatable bonds is 7. The Morgan fingerprint density at radius 1 is 1.08 bits per heavy atom. The SMILES string of the molecule is CCOc1cc(S(=O)(=O)N2CCCC2)c(OCC)cc1-n1cnnn1. The molecule has 0 radical (unpaired) electrons. The Balaban J connectivity index is 2.15. The maximum atomic E-state index is 13.0. The van der Waals surface area contributed by atoms with Gasteiger partial charge in [0, 0.05) is 25.2 Å². The summed E-state index contributed by atoms with van der Waals surface area (Å²) in [5, 5.41) is 11.1. The highest BCUT2D eigenvalue weighted by Crippen LogP contribution is 2.36. The van der Waals surface area contributed by atoms with Crippen molar-refractivity contribution in [1.29, 1.82) is 0 Å². The first-order valence-electron chi connectivity index (χ1n) is 8.25. The Hall–Kier alpha value is -2.20. The molecule has 2 heterocycles. The van der Waals surface area contributed by atoms with Gasteiger partial charge in [0.1, 0.15) is 28.4 Å². The van der Waals surface area contributed by atoms with E-state index in [1.54, 1.807) is 13.0 Å². The Morgan fingerprint density at radius 3 is 2.36 bits per heavy atom. The normalized spacial score (nSPS) is 15.4. The van der Waals surface area contributed by atoms with Crippen LogP contribution in [0.3, 0.4) is 0 Å². The Bertz CT molecular complexity index is 817. The molecule has 9 nitrogen and oxygen atoms in total. The number of sulfonamides is 1. The maximum Gasteiger partial charge on any atom is 0.246 e. The van der Waals surface area contributed by atoms with E-state index in [1.165, 1.54) is 21.4 Å². The molecular weight excluding hydrogens is 346 g/mol. The highest BCUT2D eigenvalue weighted by molar-refractivity contribution is 7.89. The standard InChI is InChI=1S/C15H21N5O4S/c1-3-23-13-10-15(25(21,22)19-7-5-6-8-19)14(24-4-2)9-12(13)20-11-16-17-18-20/h9-11H,3-8H2,1-2H3. The molecule has 3 rings (SSSR count). The van der Waals surface area contributed by atoms with Gasteiger partial charge in [-0.05, 0) is 37.1 Å². The van der Waals surface area contributed by atoms with Gasteiger partial charge in [-0.15, -0.1) is 5.10 Å². The van der Waals surface area contributed by atoms with Crippen LogP contribution in [0.25, 0.3) is 5.69 Å². The molecule has 1 fully saturated rings. The zero-order chi connectivity index (χ0) is 17.9. The molecule has 136 valence electrons. The van der Waals surface area contributed by atoms with Crippen molar-refractivity contribution in [3.63, 3.8) is 0 Å². The summed E-state index contributed by atoms with van der Waals surface area (Å²) in [6.45, 7) is 5.39. The molecule has 1 saturated heterocycles. The van der Waals surface area contributed by atoms with E-state index in [9.17, 15) is 8.42 Å². The minimum Gasteiger partial charge on any atom is -0.492 e. The third kappa shape index (κ3) is 3.45. The summed E-state index contributed by atoms with van der Waals surface area (Å²) in [5.41, 5.74) is 0.524. The average molecular weight is 367 g/mol. The van der Waals surface area contributed by atoms with E-state index in [0.29, 0.717) is 37.7 Å². The number of tetrazole rings is 1. The first-order valence-corrected chi connectivity index (χ1v) is 9.69. The van der Waals surface area contributed by atoms with E-state index >= 15 is 0 Å². The van der Waals surface area contributed by atoms with Crippen LogP contribution < -0.4 is 9.47 Å². The van der Waals surface area contributed by atoms with E-state index in [2.05, 4.69) is 15.5 Å². The summed E-state index contributed by atoms with van der Waals surface area (Å²) in [5.74, 6) is 0.652. The summed E-state index contributed by atoms with van der Waals surface area (Å²) in [4.78, 5) is 0.108. The van der Waals surface area contributed by atoms with Gasteiger partial charge >= 0.3 is 0 Å². The maximum absolute atomic E-state index is 13.0. The molecule has 1 aliphatic rings. The lowest BCUT2D eigenvalue weighted by molar-refractivity contribution is 0.319. The quantitative estimate of drug-likeness (QED) is 0.726. The van der Waals surface area contributed by atoms with Crippen LogP contribution in [0.5, 0.6) is 11.5 Å². The van der Waals surface area contributed by atoms with Crippen molar-refractivity contribution in [2.75, 3.05) is 26.3 Å². The number of aromatic nitrogens is 4. The molecule has 0 aliphatic carbocycles. The molecule has 1 aromatic heterocycles. The van der Waals surface area contributed by atoms with E-state index < -0.39 is 10.0 Å². The van der Waals surface area contributed by atoms with Crippen molar-refractivity contribution in [2.24, 2.45) is 0 Å². The Kier molecular flexibility index (Phi) is 5.19. The van der Waals surface area contributed by atoms with E-state index in [0.717, 1.165) is 12.8 Å². The van der Waals surface area contributed by atoms with Crippen LogP contribution in [0, 0.1) is 0 Å². The summed E-state index contributed by atoms with van der Waals surface area (Å²) in [6.07, 6.45) is 3.15. The third-order valence-electron chi connectivity index (χ3n) is 3.90. The van der Waals surface area contributed by atoms with E-state index in [-0.39, 0.29) is 10.6 Å². The highest BCUT2D eigenvalue weighted by Gasteiger charge is 2.31. The molecule has 2 aromatic rings. The van der Waals surface area contributed by atoms with Gasteiger partial charge in [-0.3, -0.25) is 0 Å². The van der Waals surface area contributed by atoms with E-state index in [4.69, 9.17) is 9.47 Å². The number of hydrogen-bond donors (Lipinski definition) is 0. The van der Waals surface area contributed by atoms with Gasteiger partial charge in [0.25, 0.3) is 0 Å². The van der Waals surface area contributed by atoms with Crippen LogP contribution in [0.4, 0.5) is 0 Å². The highest BCUT2D eigenvalue weighted by atomic mass is 32.2.